The monoisotopic (exact) mass is 235 g/mol. The molecule has 0 fully saturated rings. The van der Waals surface area contributed by atoms with Crippen LogP contribution in [0.5, 0.6) is 0 Å². The van der Waals surface area contributed by atoms with Crippen LogP contribution in [0.4, 0.5) is 13.2 Å². The van der Waals surface area contributed by atoms with Gasteiger partial charge in [-0.3, -0.25) is 4.79 Å². The van der Waals surface area contributed by atoms with E-state index in [0.29, 0.717) is 0 Å². The Balaban J connectivity index is 3.08. The Kier molecular flexibility index (Phi) is 4.15. The summed E-state index contributed by atoms with van der Waals surface area (Å²) in [5, 5.41) is 0. The molecule has 5 heteroatoms. The summed E-state index contributed by atoms with van der Waals surface area (Å²) in [6, 6.07) is 1.56. The van der Waals surface area contributed by atoms with Gasteiger partial charge >= 0.3 is 0 Å². The number of benzene rings is 1. The molecular weight excluding hydrogens is 229 g/mol. The van der Waals surface area contributed by atoms with Crippen molar-refractivity contribution in [3.63, 3.8) is 0 Å². The van der Waals surface area contributed by atoms with Crippen LogP contribution in [0.3, 0.4) is 0 Å². The van der Waals surface area contributed by atoms with Crippen LogP contribution in [0.2, 0.25) is 0 Å². The lowest BCUT2D eigenvalue weighted by molar-refractivity contribution is 0.444. The number of rotatable bonds is 4. The second-order valence-electron chi connectivity index (χ2n) is 2.95. The molecule has 0 aromatic heterocycles. The lowest BCUT2D eigenvalue weighted by Gasteiger charge is -2.08. The molecule has 0 amide bonds. The fourth-order valence-corrected chi connectivity index (χ4v) is 1.40. The fourth-order valence-electron chi connectivity index (χ4n) is 1.18. The fraction of sp³-hybridized carbons (Fsp3) is 0.300. The van der Waals surface area contributed by atoms with Gasteiger partial charge in [0.05, 0.1) is 5.92 Å². The zero-order valence-electron chi connectivity index (χ0n) is 7.57. The van der Waals surface area contributed by atoms with Gasteiger partial charge in [-0.25, -0.2) is 13.2 Å². The van der Waals surface area contributed by atoms with Crippen LogP contribution in [-0.4, -0.2) is 12.2 Å². The maximum atomic E-state index is 12.8. The van der Waals surface area contributed by atoms with E-state index in [-0.39, 0.29) is 17.9 Å². The van der Waals surface area contributed by atoms with Gasteiger partial charge in [0.2, 0.25) is 6.29 Å². The van der Waals surface area contributed by atoms with Crippen molar-refractivity contribution in [2.45, 2.75) is 12.3 Å². The topological polar surface area (TPSA) is 17.1 Å². The Morgan fingerprint density at radius 2 is 1.80 bits per heavy atom. The van der Waals surface area contributed by atoms with E-state index in [0.717, 1.165) is 12.1 Å². The first-order valence-corrected chi connectivity index (χ1v) is 4.71. The summed E-state index contributed by atoms with van der Waals surface area (Å²) >= 11 is 5.40. The first-order valence-electron chi connectivity index (χ1n) is 4.18. The van der Waals surface area contributed by atoms with Crippen molar-refractivity contribution in [2.24, 2.45) is 0 Å². The number of halogens is 4. The van der Waals surface area contributed by atoms with Gasteiger partial charge in [-0.2, -0.15) is 0 Å². The van der Waals surface area contributed by atoms with Crippen LogP contribution in [0.1, 0.15) is 17.9 Å². The largest absolute Gasteiger partial charge is 0.290 e. The van der Waals surface area contributed by atoms with Gasteiger partial charge in [0.1, 0.15) is 0 Å². The molecular formula is C10H7ClF3O. The zero-order chi connectivity index (χ0) is 11.4. The van der Waals surface area contributed by atoms with Crippen LogP contribution in [0.15, 0.2) is 12.1 Å². The smallest absolute Gasteiger partial charge is 0.206 e. The predicted octanol–water partition coefficient (Wildman–Crippen LogP) is 2.93. The molecule has 1 rings (SSSR count). The van der Waals surface area contributed by atoms with Gasteiger partial charge in [-0.05, 0) is 24.1 Å². The molecule has 81 valence electrons. The molecule has 0 saturated carbocycles. The minimum Gasteiger partial charge on any atom is -0.290 e. The Morgan fingerprint density at radius 1 is 1.27 bits per heavy atom. The Hall–Kier alpha value is -1.03. The minimum absolute atomic E-state index is 0.0436. The second-order valence-corrected chi connectivity index (χ2v) is 3.32. The van der Waals surface area contributed by atoms with Crippen molar-refractivity contribution in [2.75, 3.05) is 5.88 Å². The SMILES string of the molecule is O=[C]C(CCCl)c1cc(F)c(F)c(F)c1. The first kappa shape index (κ1) is 12.0. The highest BCUT2D eigenvalue weighted by Crippen LogP contribution is 2.22. The summed E-state index contributed by atoms with van der Waals surface area (Å²) in [6.45, 7) is 0. The summed E-state index contributed by atoms with van der Waals surface area (Å²) in [5.74, 6) is -4.86. The Labute approximate surface area is 89.9 Å². The van der Waals surface area contributed by atoms with E-state index in [1.54, 1.807) is 6.29 Å². The summed E-state index contributed by atoms with van der Waals surface area (Å²) in [6.07, 6.45) is 1.81. The molecule has 0 aliphatic rings. The van der Waals surface area contributed by atoms with E-state index in [4.69, 9.17) is 11.6 Å². The van der Waals surface area contributed by atoms with Crippen LogP contribution in [0.25, 0.3) is 0 Å². The average Bonchev–Trinajstić information content (AvgIpc) is 2.22. The van der Waals surface area contributed by atoms with Crippen LogP contribution >= 0.6 is 11.6 Å². The summed E-state index contributed by atoms with van der Waals surface area (Å²) < 4.78 is 38.2. The lowest BCUT2D eigenvalue weighted by Crippen LogP contribution is -2.04. The molecule has 1 aromatic carbocycles. The third-order valence-electron chi connectivity index (χ3n) is 1.95. The predicted molar refractivity (Wildman–Crippen MR) is 50.1 cm³/mol. The molecule has 0 heterocycles. The third kappa shape index (κ3) is 2.72. The molecule has 1 nitrogen and oxygen atoms in total. The maximum absolute atomic E-state index is 12.8. The van der Waals surface area contributed by atoms with Crippen molar-refractivity contribution in [1.82, 2.24) is 0 Å². The lowest BCUT2D eigenvalue weighted by atomic mass is 9.98. The van der Waals surface area contributed by atoms with Gasteiger partial charge < -0.3 is 0 Å². The van der Waals surface area contributed by atoms with Crippen molar-refractivity contribution < 1.29 is 18.0 Å². The van der Waals surface area contributed by atoms with E-state index in [9.17, 15) is 18.0 Å². The van der Waals surface area contributed by atoms with Crippen molar-refractivity contribution >= 4 is 17.9 Å². The van der Waals surface area contributed by atoms with Crippen LogP contribution in [-0.2, 0) is 4.79 Å². The van der Waals surface area contributed by atoms with E-state index in [1.807, 2.05) is 0 Å². The highest BCUT2D eigenvalue weighted by atomic mass is 35.5. The van der Waals surface area contributed by atoms with Crippen LogP contribution < -0.4 is 0 Å². The standard InChI is InChI=1S/C10H7ClF3O/c11-2-1-6(5-15)7-3-8(12)10(14)9(13)4-7/h3-4,6H,1-2H2. The molecule has 1 atom stereocenters. The van der Waals surface area contributed by atoms with Crippen molar-refractivity contribution in [3.05, 3.63) is 35.1 Å². The van der Waals surface area contributed by atoms with Gasteiger partial charge in [-0.15, -0.1) is 11.6 Å². The highest BCUT2D eigenvalue weighted by Gasteiger charge is 2.17. The van der Waals surface area contributed by atoms with E-state index >= 15 is 0 Å². The number of hydrogen-bond donors (Lipinski definition) is 0. The molecule has 0 aliphatic carbocycles. The van der Waals surface area contributed by atoms with Gasteiger partial charge in [0.15, 0.2) is 17.5 Å². The molecule has 0 bridgehead atoms. The van der Waals surface area contributed by atoms with Gasteiger partial charge in [0.25, 0.3) is 0 Å². The molecule has 15 heavy (non-hydrogen) atoms. The molecule has 0 N–H and O–H groups in total. The third-order valence-corrected chi connectivity index (χ3v) is 2.17. The number of carbonyl (C=O) groups excluding carboxylic acids is 1. The molecule has 0 saturated heterocycles. The van der Waals surface area contributed by atoms with Crippen molar-refractivity contribution in [3.8, 4) is 0 Å². The average molecular weight is 236 g/mol. The van der Waals surface area contributed by atoms with Crippen LogP contribution in [0, 0.1) is 17.5 Å². The normalized spacial score (nSPS) is 12.5. The highest BCUT2D eigenvalue weighted by molar-refractivity contribution is 6.18. The van der Waals surface area contributed by atoms with E-state index in [1.165, 1.54) is 0 Å². The van der Waals surface area contributed by atoms with Gasteiger partial charge in [-0.1, -0.05) is 0 Å². The minimum atomic E-state index is -1.55. The Bertz CT molecular complexity index is 345. The first-order chi connectivity index (χ1) is 7.10. The maximum Gasteiger partial charge on any atom is 0.206 e. The van der Waals surface area contributed by atoms with Crippen molar-refractivity contribution in [1.29, 1.82) is 0 Å². The van der Waals surface area contributed by atoms with Gasteiger partial charge in [0, 0.05) is 5.88 Å². The van der Waals surface area contributed by atoms with E-state index in [2.05, 4.69) is 0 Å². The summed E-state index contributed by atoms with van der Waals surface area (Å²) in [7, 11) is 0. The molecule has 1 unspecified atom stereocenters. The second kappa shape index (κ2) is 5.16. The number of alkyl halides is 1. The summed E-state index contributed by atoms with van der Waals surface area (Å²) in [4.78, 5) is 10.5. The molecule has 0 spiro atoms. The summed E-state index contributed by atoms with van der Waals surface area (Å²) in [5.41, 5.74) is 0.0436. The Morgan fingerprint density at radius 3 is 2.20 bits per heavy atom. The molecule has 1 radical (unpaired) electrons. The molecule has 0 aliphatic heterocycles. The molecule has 1 aromatic rings. The quantitative estimate of drug-likeness (QED) is 0.579. The zero-order valence-corrected chi connectivity index (χ0v) is 8.32. The number of hydrogen-bond acceptors (Lipinski definition) is 1. The van der Waals surface area contributed by atoms with E-state index < -0.39 is 23.4 Å².